The molecule has 0 atom stereocenters. The molecular formula is C12H16O2Rh. The molecule has 1 N–H and O–H groups in total. The van der Waals surface area contributed by atoms with Gasteiger partial charge >= 0.3 is 0 Å². The zero-order valence-electron chi connectivity index (χ0n) is 8.94. The summed E-state index contributed by atoms with van der Waals surface area (Å²) in [5.74, 6) is 1.56. The average molecular weight is 295 g/mol. The fourth-order valence-corrected chi connectivity index (χ4v) is 1.62. The predicted molar refractivity (Wildman–Crippen MR) is 56.9 cm³/mol. The van der Waals surface area contributed by atoms with Gasteiger partial charge in [0.05, 0.1) is 5.76 Å². The fraction of sp³-hybridized carbons (Fsp3) is 0.417. The number of allylic oxidation sites excluding steroid dienone is 6. The van der Waals surface area contributed by atoms with Crippen LogP contribution in [-0.2, 0) is 24.3 Å². The molecule has 3 heteroatoms. The molecule has 0 aromatic rings. The summed E-state index contributed by atoms with van der Waals surface area (Å²) in [4.78, 5) is 10.0. The van der Waals surface area contributed by atoms with Gasteiger partial charge < -0.3 is 5.11 Å². The van der Waals surface area contributed by atoms with E-state index < -0.39 is 0 Å². The SMILES string of the molecule is C1=CC2C=CC1C2.CC(=O)C=C(C)O.[Rh]. The first-order valence-electron chi connectivity index (χ1n) is 4.82. The molecule has 2 nitrogen and oxygen atoms in total. The van der Waals surface area contributed by atoms with Crippen molar-refractivity contribution >= 4 is 5.78 Å². The van der Waals surface area contributed by atoms with E-state index >= 15 is 0 Å². The zero-order chi connectivity index (χ0) is 10.6. The molecule has 15 heavy (non-hydrogen) atoms. The number of rotatable bonds is 1. The van der Waals surface area contributed by atoms with Gasteiger partial charge in [-0.3, -0.25) is 4.79 Å². The van der Waals surface area contributed by atoms with Crippen molar-refractivity contribution in [1.29, 1.82) is 0 Å². The molecule has 0 saturated heterocycles. The Labute approximate surface area is 104 Å². The molecule has 0 heterocycles. The topological polar surface area (TPSA) is 37.3 Å². The number of aliphatic hydroxyl groups excluding tert-OH is 1. The van der Waals surface area contributed by atoms with Crippen molar-refractivity contribution < 1.29 is 29.4 Å². The Hall–Kier alpha value is -0.687. The molecule has 2 aliphatic rings. The maximum Gasteiger partial charge on any atom is 0.155 e. The fourth-order valence-electron chi connectivity index (χ4n) is 1.62. The molecule has 0 aliphatic heterocycles. The van der Waals surface area contributed by atoms with Crippen LogP contribution in [0.1, 0.15) is 20.3 Å². The van der Waals surface area contributed by atoms with Gasteiger partial charge in [0.15, 0.2) is 5.78 Å². The minimum atomic E-state index is -0.125. The number of fused-ring (bicyclic) bond motifs is 2. The Kier molecular flexibility index (Phi) is 6.43. The van der Waals surface area contributed by atoms with Gasteiger partial charge in [-0.05, 0) is 32.1 Å². The van der Waals surface area contributed by atoms with E-state index in [1.165, 1.54) is 26.3 Å². The zero-order valence-corrected chi connectivity index (χ0v) is 10.6. The number of carbonyl (C=O) groups is 1. The first kappa shape index (κ1) is 14.3. The third kappa shape index (κ3) is 5.68. The van der Waals surface area contributed by atoms with Gasteiger partial charge in [-0.1, -0.05) is 24.3 Å². The van der Waals surface area contributed by atoms with E-state index in [1.54, 1.807) is 0 Å². The van der Waals surface area contributed by atoms with Crippen LogP contribution in [0.25, 0.3) is 0 Å². The second-order valence-electron chi connectivity index (χ2n) is 3.73. The first-order valence-corrected chi connectivity index (χ1v) is 4.82. The Morgan fingerprint density at radius 3 is 1.67 bits per heavy atom. The summed E-state index contributed by atoms with van der Waals surface area (Å²) < 4.78 is 0. The maximum atomic E-state index is 10.0. The van der Waals surface area contributed by atoms with Gasteiger partial charge in [-0.2, -0.15) is 0 Å². The second kappa shape index (κ2) is 6.73. The maximum absolute atomic E-state index is 10.0. The normalized spacial score (nSPS) is 25.6. The molecule has 2 rings (SSSR count). The summed E-state index contributed by atoms with van der Waals surface area (Å²) in [6.07, 6.45) is 11.7. The molecule has 0 fully saturated rings. The quantitative estimate of drug-likeness (QED) is 0.349. The standard InChI is InChI=1S/C7H8.C5H8O2.Rh/c1-2-7-4-3-6(1)5-7;1-4(6)3-5(2)7;/h1-4,6-7H,5H2;3,6H,1-2H3;. The van der Waals surface area contributed by atoms with Crippen molar-refractivity contribution in [1.82, 2.24) is 0 Å². The van der Waals surface area contributed by atoms with Crippen LogP contribution in [0.2, 0.25) is 0 Å². The van der Waals surface area contributed by atoms with E-state index in [0.29, 0.717) is 0 Å². The summed E-state index contributed by atoms with van der Waals surface area (Å²) in [5, 5.41) is 8.36. The van der Waals surface area contributed by atoms with E-state index in [9.17, 15) is 4.79 Å². The van der Waals surface area contributed by atoms with E-state index in [-0.39, 0.29) is 31.0 Å². The largest absolute Gasteiger partial charge is 0.512 e. The summed E-state index contributed by atoms with van der Waals surface area (Å²) in [7, 11) is 0. The summed E-state index contributed by atoms with van der Waals surface area (Å²) in [6.45, 7) is 2.85. The van der Waals surface area contributed by atoms with Crippen molar-refractivity contribution in [3.05, 3.63) is 36.1 Å². The number of ketones is 1. The smallest absolute Gasteiger partial charge is 0.155 e. The predicted octanol–water partition coefficient (Wildman–Crippen LogP) is 2.78. The monoisotopic (exact) mass is 295 g/mol. The van der Waals surface area contributed by atoms with Crippen molar-refractivity contribution in [2.24, 2.45) is 11.8 Å². The number of hydrogen-bond acceptors (Lipinski definition) is 2. The van der Waals surface area contributed by atoms with Crippen LogP contribution in [-0.4, -0.2) is 10.9 Å². The molecule has 0 amide bonds. The van der Waals surface area contributed by atoms with E-state index in [4.69, 9.17) is 5.11 Å². The Balaban J connectivity index is 0.000000245. The average Bonchev–Trinajstić information content (AvgIpc) is 2.63. The Morgan fingerprint density at radius 1 is 1.20 bits per heavy atom. The van der Waals surface area contributed by atoms with Crippen molar-refractivity contribution in [3.8, 4) is 0 Å². The van der Waals surface area contributed by atoms with Gasteiger partial charge in [0.1, 0.15) is 0 Å². The molecule has 0 saturated carbocycles. The van der Waals surface area contributed by atoms with E-state index in [2.05, 4.69) is 24.3 Å². The van der Waals surface area contributed by atoms with Gasteiger partial charge in [-0.25, -0.2) is 0 Å². The molecule has 0 unspecified atom stereocenters. The third-order valence-corrected chi connectivity index (χ3v) is 2.17. The molecule has 2 aliphatic carbocycles. The Morgan fingerprint density at radius 2 is 1.60 bits per heavy atom. The minimum absolute atomic E-state index is 0. The van der Waals surface area contributed by atoms with Crippen LogP contribution < -0.4 is 0 Å². The molecule has 0 aromatic heterocycles. The van der Waals surface area contributed by atoms with Crippen LogP contribution in [0, 0.1) is 11.8 Å². The Bertz CT molecular complexity index is 271. The van der Waals surface area contributed by atoms with Crippen LogP contribution >= 0.6 is 0 Å². The van der Waals surface area contributed by atoms with E-state index in [1.807, 2.05) is 0 Å². The summed E-state index contributed by atoms with van der Waals surface area (Å²) in [6, 6.07) is 0. The van der Waals surface area contributed by atoms with Gasteiger partial charge in [0, 0.05) is 25.6 Å². The van der Waals surface area contributed by atoms with Crippen molar-refractivity contribution in [3.63, 3.8) is 0 Å². The summed E-state index contributed by atoms with van der Waals surface area (Å²) in [5.41, 5.74) is 0. The van der Waals surface area contributed by atoms with Gasteiger partial charge in [0.25, 0.3) is 0 Å². The van der Waals surface area contributed by atoms with Crippen LogP contribution in [0.3, 0.4) is 0 Å². The summed E-state index contributed by atoms with van der Waals surface area (Å²) >= 11 is 0. The second-order valence-corrected chi connectivity index (χ2v) is 3.73. The third-order valence-electron chi connectivity index (χ3n) is 2.17. The molecule has 2 bridgehead atoms. The first-order chi connectivity index (χ1) is 6.58. The number of hydrogen-bond donors (Lipinski definition) is 1. The van der Waals surface area contributed by atoms with E-state index in [0.717, 1.165) is 11.8 Å². The molecular weight excluding hydrogens is 279 g/mol. The number of carbonyl (C=O) groups excluding carboxylic acids is 1. The van der Waals surface area contributed by atoms with Crippen molar-refractivity contribution in [2.75, 3.05) is 0 Å². The molecule has 85 valence electrons. The van der Waals surface area contributed by atoms with Gasteiger partial charge in [-0.15, -0.1) is 0 Å². The van der Waals surface area contributed by atoms with Crippen LogP contribution in [0.15, 0.2) is 36.1 Å². The van der Waals surface area contributed by atoms with Crippen LogP contribution in [0.4, 0.5) is 0 Å². The molecule has 1 radical (unpaired) electrons. The minimum Gasteiger partial charge on any atom is -0.512 e. The van der Waals surface area contributed by atoms with Crippen molar-refractivity contribution in [2.45, 2.75) is 20.3 Å². The van der Waals surface area contributed by atoms with Crippen LogP contribution in [0.5, 0.6) is 0 Å². The number of aliphatic hydroxyl groups is 1. The molecule has 0 spiro atoms. The molecule has 0 aromatic carbocycles. The van der Waals surface area contributed by atoms with Gasteiger partial charge in [0.2, 0.25) is 0 Å².